The summed E-state index contributed by atoms with van der Waals surface area (Å²) in [7, 11) is 0. The standard InChI is InChI=1S/C17H22N4O.HI/c18-17(21-10-6-1-2-7-11-21)19-13-15-12-16(20-22-15)14-8-4-3-5-9-14;/h3-5,8-9,12H,1-2,6-7,10-11,13H2,(H2,18,19);1H. The normalized spacial score (nSPS) is 15.8. The van der Waals surface area contributed by atoms with Crippen LogP contribution in [0.1, 0.15) is 31.4 Å². The molecule has 0 unspecified atom stereocenters. The maximum Gasteiger partial charge on any atom is 0.191 e. The molecule has 3 rings (SSSR count). The second kappa shape index (κ2) is 8.90. The van der Waals surface area contributed by atoms with Crippen molar-refractivity contribution in [3.8, 4) is 11.3 Å². The van der Waals surface area contributed by atoms with Gasteiger partial charge in [-0.1, -0.05) is 48.3 Å². The van der Waals surface area contributed by atoms with E-state index in [1.807, 2.05) is 36.4 Å². The molecule has 2 heterocycles. The van der Waals surface area contributed by atoms with Gasteiger partial charge >= 0.3 is 0 Å². The van der Waals surface area contributed by atoms with Crippen molar-refractivity contribution in [1.29, 1.82) is 0 Å². The lowest BCUT2D eigenvalue weighted by molar-refractivity contribution is 0.384. The highest BCUT2D eigenvalue weighted by Gasteiger charge is 2.11. The number of rotatable bonds is 3. The molecule has 1 aliphatic heterocycles. The molecule has 6 heteroatoms. The lowest BCUT2D eigenvalue weighted by Crippen LogP contribution is -2.38. The molecule has 0 atom stereocenters. The highest BCUT2D eigenvalue weighted by Crippen LogP contribution is 2.19. The summed E-state index contributed by atoms with van der Waals surface area (Å²) in [6.07, 6.45) is 4.95. The lowest BCUT2D eigenvalue weighted by atomic mass is 10.1. The van der Waals surface area contributed by atoms with Crippen molar-refractivity contribution in [3.63, 3.8) is 0 Å². The van der Waals surface area contributed by atoms with Crippen molar-refractivity contribution in [1.82, 2.24) is 10.1 Å². The van der Waals surface area contributed by atoms with Gasteiger partial charge in [0.2, 0.25) is 0 Å². The molecule has 1 fully saturated rings. The molecule has 1 saturated heterocycles. The van der Waals surface area contributed by atoms with Crippen LogP contribution in [0.25, 0.3) is 11.3 Å². The second-order valence-electron chi connectivity index (χ2n) is 5.62. The highest BCUT2D eigenvalue weighted by molar-refractivity contribution is 14.0. The van der Waals surface area contributed by atoms with Crippen molar-refractivity contribution >= 4 is 29.9 Å². The largest absolute Gasteiger partial charge is 0.370 e. The molecule has 1 aliphatic rings. The summed E-state index contributed by atoms with van der Waals surface area (Å²) in [5.74, 6) is 1.34. The minimum Gasteiger partial charge on any atom is -0.370 e. The first-order valence-electron chi connectivity index (χ1n) is 7.89. The van der Waals surface area contributed by atoms with E-state index in [9.17, 15) is 0 Å². The Morgan fingerprint density at radius 3 is 2.52 bits per heavy atom. The van der Waals surface area contributed by atoms with Gasteiger partial charge in [0, 0.05) is 24.7 Å². The van der Waals surface area contributed by atoms with Gasteiger partial charge in [0.1, 0.15) is 12.2 Å². The number of nitrogens with zero attached hydrogens (tertiary/aromatic N) is 3. The van der Waals surface area contributed by atoms with E-state index in [0.717, 1.165) is 30.1 Å². The summed E-state index contributed by atoms with van der Waals surface area (Å²) >= 11 is 0. The minimum absolute atomic E-state index is 0. The number of hydrogen-bond donors (Lipinski definition) is 1. The number of guanidine groups is 1. The molecule has 0 bridgehead atoms. The fourth-order valence-electron chi connectivity index (χ4n) is 2.69. The zero-order valence-electron chi connectivity index (χ0n) is 13.1. The Morgan fingerprint density at radius 1 is 1.13 bits per heavy atom. The fourth-order valence-corrected chi connectivity index (χ4v) is 2.69. The molecule has 124 valence electrons. The number of nitrogens with two attached hydrogens (primary N) is 1. The number of aliphatic imine (C=N–C) groups is 1. The van der Waals surface area contributed by atoms with Crippen LogP contribution >= 0.6 is 24.0 Å². The summed E-state index contributed by atoms with van der Waals surface area (Å²) < 4.78 is 5.35. The lowest BCUT2D eigenvalue weighted by Gasteiger charge is -2.20. The first-order valence-corrected chi connectivity index (χ1v) is 7.89. The van der Waals surface area contributed by atoms with Crippen LogP contribution in [-0.2, 0) is 6.54 Å². The third-order valence-electron chi connectivity index (χ3n) is 3.96. The van der Waals surface area contributed by atoms with Gasteiger partial charge in [-0.2, -0.15) is 0 Å². The van der Waals surface area contributed by atoms with Crippen molar-refractivity contribution < 1.29 is 4.52 Å². The molecule has 0 spiro atoms. The summed E-state index contributed by atoms with van der Waals surface area (Å²) in [6.45, 7) is 2.43. The first-order chi connectivity index (χ1) is 10.8. The van der Waals surface area contributed by atoms with Crippen LogP contribution in [0.2, 0.25) is 0 Å². The maximum atomic E-state index is 6.10. The minimum atomic E-state index is 0. The van der Waals surface area contributed by atoms with Crippen LogP contribution < -0.4 is 5.73 Å². The zero-order chi connectivity index (χ0) is 15.2. The predicted octanol–water partition coefficient (Wildman–Crippen LogP) is 3.65. The average Bonchev–Trinajstić information content (AvgIpc) is 2.87. The van der Waals surface area contributed by atoms with Crippen molar-refractivity contribution in [2.24, 2.45) is 10.7 Å². The molecule has 5 nitrogen and oxygen atoms in total. The van der Waals surface area contributed by atoms with Crippen LogP contribution in [0.5, 0.6) is 0 Å². The molecule has 23 heavy (non-hydrogen) atoms. The Morgan fingerprint density at radius 2 is 1.83 bits per heavy atom. The van der Waals surface area contributed by atoms with Gasteiger partial charge in [0.25, 0.3) is 0 Å². The zero-order valence-corrected chi connectivity index (χ0v) is 15.5. The van der Waals surface area contributed by atoms with Crippen LogP contribution in [0.3, 0.4) is 0 Å². The molecular formula is C17H23IN4O. The van der Waals surface area contributed by atoms with E-state index in [-0.39, 0.29) is 24.0 Å². The molecule has 0 radical (unpaired) electrons. The van der Waals surface area contributed by atoms with Crippen molar-refractivity contribution in [3.05, 3.63) is 42.2 Å². The molecule has 2 aromatic rings. The van der Waals surface area contributed by atoms with Crippen LogP contribution in [0.4, 0.5) is 0 Å². The topological polar surface area (TPSA) is 67.6 Å². The number of benzene rings is 1. The number of aromatic nitrogens is 1. The third-order valence-corrected chi connectivity index (χ3v) is 3.96. The molecule has 0 aliphatic carbocycles. The Hall–Kier alpha value is -1.57. The number of halogens is 1. The molecule has 0 saturated carbocycles. The van der Waals surface area contributed by atoms with E-state index >= 15 is 0 Å². The smallest absolute Gasteiger partial charge is 0.191 e. The number of hydrogen-bond acceptors (Lipinski definition) is 3. The van der Waals surface area contributed by atoms with Crippen LogP contribution in [0, 0.1) is 0 Å². The van der Waals surface area contributed by atoms with Gasteiger partial charge in [-0.3, -0.25) is 0 Å². The van der Waals surface area contributed by atoms with E-state index < -0.39 is 0 Å². The van der Waals surface area contributed by atoms with E-state index in [2.05, 4.69) is 15.0 Å². The van der Waals surface area contributed by atoms with E-state index in [1.54, 1.807) is 0 Å². The maximum absolute atomic E-state index is 6.10. The monoisotopic (exact) mass is 426 g/mol. The van der Waals surface area contributed by atoms with Gasteiger partial charge in [0.05, 0.1) is 0 Å². The Kier molecular flexibility index (Phi) is 6.88. The van der Waals surface area contributed by atoms with Gasteiger partial charge in [-0.15, -0.1) is 24.0 Å². The summed E-state index contributed by atoms with van der Waals surface area (Å²) in [6, 6.07) is 11.9. The summed E-state index contributed by atoms with van der Waals surface area (Å²) in [5.41, 5.74) is 7.97. The third kappa shape index (κ3) is 4.95. The molecular weight excluding hydrogens is 403 g/mol. The van der Waals surface area contributed by atoms with Crippen LogP contribution in [-0.4, -0.2) is 29.1 Å². The predicted molar refractivity (Wildman–Crippen MR) is 103 cm³/mol. The molecule has 1 aromatic heterocycles. The Balaban J connectivity index is 0.00000192. The van der Waals surface area contributed by atoms with Gasteiger partial charge in [-0.25, -0.2) is 4.99 Å². The summed E-state index contributed by atoms with van der Waals surface area (Å²) in [5, 5.41) is 4.09. The van der Waals surface area contributed by atoms with E-state index in [0.29, 0.717) is 12.5 Å². The summed E-state index contributed by atoms with van der Waals surface area (Å²) in [4.78, 5) is 6.62. The fraction of sp³-hybridized carbons (Fsp3) is 0.412. The van der Waals surface area contributed by atoms with Crippen LogP contribution in [0.15, 0.2) is 45.9 Å². The van der Waals surface area contributed by atoms with Gasteiger partial charge < -0.3 is 15.2 Å². The molecule has 0 amide bonds. The van der Waals surface area contributed by atoms with Crippen molar-refractivity contribution in [2.75, 3.05) is 13.1 Å². The first kappa shape index (κ1) is 17.8. The SMILES string of the molecule is I.NC(=NCc1cc(-c2ccccc2)no1)N1CCCCCC1. The number of likely N-dealkylation sites (tertiary alicyclic amines) is 1. The Bertz CT molecular complexity index is 619. The van der Waals surface area contributed by atoms with Gasteiger partial charge in [0.15, 0.2) is 11.7 Å². The average molecular weight is 426 g/mol. The van der Waals surface area contributed by atoms with E-state index in [1.165, 1.54) is 25.7 Å². The van der Waals surface area contributed by atoms with E-state index in [4.69, 9.17) is 10.3 Å². The molecule has 1 aromatic carbocycles. The van der Waals surface area contributed by atoms with Crippen molar-refractivity contribution in [2.45, 2.75) is 32.2 Å². The highest BCUT2D eigenvalue weighted by atomic mass is 127. The second-order valence-corrected chi connectivity index (χ2v) is 5.62. The molecule has 2 N–H and O–H groups in total. The quantitative estimate of drug-likeness (QED) is 0.462. The Labute approximate surface area is 154 Å². The van der Waals surface area contributed by atoms with Gasteiger partial charge in [-0.05, 0) is 12.8 Å².